The third kappa shape index (κ3) is 1.48. The lowest BCUT2D eigenvalue weighted by Crippen LogP contribution is -2.58. The van der Waals surface area contributed by atoms with Crippen LogP contribution in [-0.2, 0) is 0 Å². The molecule has 0 amide bonds. The lowest BCUT2D eigenvalue weighted by molar-refractivity contribution is 0.0489. The average molecular weight is 172 g/mol. The summed E-state index contributed by atoms with van der Waals surface area (Å²) >= 11 is 0. The lowest BCUT2D eigenvalue weighted by Gasteiger charge is -2.43. The molecule has 0 bridgehead atoms. The van der Waals surface area contributed by atoms with E-state index in [-0.39, 0.29) is 0 Å². The van der Waals surface area contributed by atoms with Crippen molar-refractivity contribution in [1.29, 1.82) is 0 Å². The topological polar surface area (TPSA) is 6.48 Å². The van der Waals surface area contributed by atoms with Crippen molar-refractivity contribution in [2.24, 2.45) is 0 Å². The minimum absolute atomic E-state index is 0.555. The number of likely N-dealkylation sites (N-methyl/N-ethyl adjacent to an activating group) is 1. The Morgan fingerprint density at radius 1 is 1.33 bits per heavy atom. The van der Waals surface area contributed by atoms with Crippen LogP contribution < -0.4 is 0 Å². The molecule has 2 heterocycles. The quantitative estimate of drug-likeness (QED) is 0.606. The van der Waals surface area contributed by atoms with Crippen LogP contribution in [0.3, 0.4) is 0 Å². The summed E-state index contributed by atoms with van der Waals surface area (Å²) in [4.78, 5) is 4.70. The highest BCUT2D eigenvalue weighted by molar-refractivity contribution is 4.91. The van der Waals surface area contributed by atoms with Gasteiger partial charge in [0.25, 0.3) is 0 Å². The summed E-state index contributed by atoms with van der Waals surface area (Å²) in [5, 5.41) is 0. The molecule has 12 heavy (non-hydrogen) atoms. The van der Waals surface area contributed by atoms with Gasteiger partial charge < -0.3 is 4.90 Å². The molecule has 2 fully saturated rings. The van der Waals surface area contributed by atoms with Gasteiger partial charge in [-0.15, -0.1) is 0 Å². The Hall–Kier alpha value is -0.150. The van der Waals surface area contributed by atoms with Crippen molar-refractivity contribution in [3.8, 4) is 0 Å². The van der Waals surface area contributed by atoms with Crippen molar-refractivity contribution in [2.45, 2.75) is 25.6 Å². The van der Waals surface area contributed by atoms with Crippen LogP contribution >= 0.6 is 0 Å². The SMILES string of the molecule is CCN1CC(N2CCC(F)C2)C1. The van der Waals surface area contributed by atoms with Crippen molar-refractivity contribution in [1.82, 2.24) is 9.80 Å². The highest BCUT2D eigenvalue weighted by Gasteiger charge is 2.34. The number of alkyl halides is 1. The minimum Gasteiger partial charge on any atom is -0.300 e. The Morgan fingerprint density at radius 3 is 2.58 bits per heavy atom. The lowest BCUT2D eigenvalue weighted by atomic mass is 10.1. The van der Waals surface area contributed by atoms with Crippen LogP contribution in [0.2, 0.25) is 0 Å². The maximum atomic E-state index is 12.8. The molecular formula is C9H17FN2. The Labute approximate surface area is 73.3 Å². The third-order valence-corrected chi connectivity index (χ3v) is 3.06. The summed E-state index contributed by atoms with van der Waals surface area (Å²) in [5.74, 6) is 0. The second-order valence-electron chi connectivity index (χ2n) is 3.89. The van der Waals surface area contributed by atoms with E-state index in [9.17, 15) is 4.39 Å². The second-order valence-corrected chi connectivity index (χ2v) is 3.89. The Morgan fingerprint density at radius 2 is 2.08 bits per heavy atom. The van der Waals surface area contributed by atoms with Gasteiger partial charge in [-0.2, -0.15) is 0 Å². The van der Waals surface area contributed by atoms with Gasteiger partial charge in [-0.3, -0.25) is 4.90 Å². The molecule has 0 N–H and O–H groups in total. The van der Waals surface area contributed by atoms with Crippen molar-refractivity contribution >= 4 is 0 Å². The average Bonchev–Trinajstić information content (AvgIpc) is 2.34. The van der Waals surface area contributed by atoms with Crippen LogP contribution in [0.4, 0.5) is 4.39 Å². The molecule has 0 spiro atoms. The smallest absolute Gasteiger partial charge is 0.114 e. The molecule has 0 saturated carbocycles. The number of hydrogen-bond donors (Lipinski definition) is 0. The van der Waals surface area contributed by atoms with Gasteiger partial charge in [0.05, 0.1) is 0 Å². The van der Waals surface area contributed by atoms with Crippen molar-refractivity contribution < 1.29 is 4.39 Å². The standard InChI is InChI=1S/C9H17FN2/c1-2-11-6-9(7-11)12-4-3-8(10)5-12/h8-9H,2-7H2,1H3. The zero-order valence-electron chi connectivity index (χ0n) is 7.67. The predicted molar refractivity (Wildman–Crippen MR) is 47.0 cm³/mol. The first kappa shape index (κ1) is 8.45. The van der Waals surface area contributed by atoms with E-state index in [4.69, 9.17) is 0 Å². The fourth-order valence-corrected chi connectivity index (χ4v) is 2.11. The van der Waals surface area contributed by atoms with Gasteiger partial charge in [0.15, 0.2) is 0 Å². The van der Waals surface area contributed by atoms with Crippen LogP contribution in [0, 0.1) is 0 Å². The first-order valence-corrected chi connectivity index (χ1v) is 4.90. The molecule has 2 rings (SSSR count). The molecule has 2 aliphatic rings. The van der Waals surface area contributed by atoms with Crippen LogP contribution in [-0.4, -0.2) is 54.7 Å². The molecule has 0 aromatic carbocycles. The Bertz CT molecular complexity index is 157. The molecule has 3 heteroatoms. The van der Waals surface area contributed by atoms with Crippen molar-refractivity contribution in [2.75, 3.05) is 32.7 Å². The van der Waals surface area contributed by atoms with Gasteiger partial charge in [-0.25, -0.2) is 4.39 Å². The summed E-state index contributed by atoms with van der Waals surface area (Å²) in [6, 6.07) is 0.658. The van der Waals surface area contributed by atoms with Gasteiger partial charge in [0, 0.05) is 32.2 Å². The maximum absolute atomic E-state index is 12.8. The van der Waals surface area contributed by atoms with E-state index < -0.39 is 6.17 Å². The van der Waals surface area contributed by atoms with Crippen LogP contribution in [0.1, 0.15) is 13.3 Å². The normalized spacial score (nSPS) is 34.0. The number of halogens is 1. The van der Waals surface area contributed by atoms with E-state index in [0.717, 1.165) is 32.6 Å². The number of hydrogen-bond acceptors (Lipinski definition) is 2. The molecule has 0 aromatic rings. The highest BCUT2D eigenvalue weighted by Crippen LogP contribution is 2.21. The predicted octanol–water partition coefficient (Wildman–Crippen LogP) is 0.734. The molecule has 0 aromatic heterocycles. The molecule has 0 radical (unpaired) electrons. The molecule has 1 atom stereocenters. The Kier molecular flexibility index (Phi) is 2.33. The number of rotatable bonds is 2. The summed E-state index contributed by atoms with van der Waals surface area (Å²) < 4.78 is 12.8. The first-order chi connectivity index (χ1) is 5.79. The Balaban J connectivity index is 1.74. The van der Waals surface area contributed by atoms with Crippen molar-refractivity contribution in [3.63, 3.8) is 0 Å². The summed E-state index contributed by atoms with van der Waals surface area (Å²) in [6.07, 6.45) is 0.198. The fourth-order valence-electron chi connectivity index (χ4n) is 2.11. The zero-order chi connectivity index (χ0) is 8.55. The van der Waals surface area contributed by atoms with E-state index in [1.165, 1.54) is 0 Å². The van der Waals surface area contributed by atoms with Crippen LogP contribution in [0.25, 0.3) is 0 Å². The monoisotopic (exact) mass is 172 g/mol. The summed E-state index contributed by atoms with van der Waals surface area (Å²) in [6.45, 7) is 7.29. The molecular weight excluding hydrogens is 155 g/mol. The van der Waals surface area contributed by atoms with Crippen LogP contribution in [0.15, 0.2) is 0 Å². The largest absolute Gasteiger partial charge is 0.300 e. The third-order valence-electron chi connectivity index (χ3n) is 3.06. The molecule has 70 valence electrons. The molecule has 2 saturated heterocycles. The molecule has 1 unspecified atom stereocenters. The van der Waals surface area contributed by atoms with E-state index >= 15 is 0 Å². The number of likely N-dealkylation sites (tertiary alicyclic amines) is 2. The first-order valence-electron chi connectivity index (χ1n) is 4.90. The van der Waals surface area contributed by atoms with Crippen LogP contribution in [0.5, 0.6) is 0 Å². The summed E-state index contributed by atoms with van der Waals surface area (Å²) in [7, 11) is 0. The van der Waals surface area contributed by atoms with E-state index in [1.807, 2.05) is 0 Å². The van der Waals surface area contributed by atoms with Gasteiger partial charge in [0.1, 0.15) is 6.17 Å². The van der Waals surface area contributed by atoms with Gasteiger partial charge in [-0.05, 0) is 13.0 Å². The molecule has 2 aliphatic heterocycles. The second kappa shape index (κ2) is 3.30. The van der Waals surface area contributed by atoms with Gasteiger partial charge >= 0.3 is 0 Å². The van der Waals surface area contributed by atoms with E-state index in [1.54, 1.807) is 0 Å². The minimum atomic E-state index is -0.555. The maximum Gasteiger partial charge on any atom is 0.114 e. The fraction of sp³-hybridized carbons (Fsp3) is 1.00. The summed E-state index contributed by atoms with van der Waals surface area (Å²) in [5.41, 5.74) is 0. The van der Waals surface area contributed by atoms with Gasteiger partial charge in [0.2, 0.25) is 0 Å². The van der Waals surface area contributed by atoms with Gasteiger partial charge in [-0.1, -0.05) is 6.92 Å². The number of nitrogens with zero attached hydrogens (tertiary/aromatic N) is 2. The zero-order valence-corrected chi connectivity index (χ0v) is 7.67. The van der Waals surface area contributed by atoms with Crippen molar-refractivity contribution in [3.05, 3.63) is 0 Å². The molecule has 2 nitrogen and oxygen atoms in total. The van der Waals surface area contributed by atoms with E-state index in [0.29, 0.717) is 12.6 Å². The van der Waals surface area contributed by atoms with E-state index in [2.05, 4.69) is 16.7 Å². The highest BCUT2D eigenvalue weighted by atomic mass is 19.1. The molecule has 0 aliphatic carbocycles.